The van der Waals surface area contributed by atoms with E-state index in [1.165, 1.54) is 0 Å². The van der Waals surface area contributed by atoms with Crippen LogP contribution in [0.3, 0.4) is 0 Å². The van der Waals surface area contributed by atoms with Gasteiger partial charge in [-0.15, -0.1) is 0 Å². The van der Waals surface area contributed by atoms with Crippen LogP contribution in [0.5, 0.6) is 0 Å². The molecule has 2 aromatic rings. The molecule has 0 aliphatic heterocycles. The number of hydrogen-bond donors (Lipinski definition) is 0. The largest absolute Gasteiger partial charge is 0.293 e. The summed E-state index contributed by atoms with van der Waals surface area (Å²) in [5.41, 5.74) is 0.719. The predicted molar refractivity (Wildman–Crippen MR) is 68.7 cm³/mol. The Morgan fingerprint density at radius 3 is 2.88 bits per heavy atom. The molecule has 3 rings (SSSR count). The van der Waals surface area contributed by atoms with Crippen LogP contribution in [0, 0.1) is 0 Å². The fraction of sp³-hybridized carbons (Fsp3) is 0.385. The summed E-state index contributed by atoms with van der Waals surface area (Å²) in [7, 11) is 0. The molecule has 0 N–H and O–H groups in total. The number of aromatic nitrogens is 2. The molecule has 0 amide bonds. The first-order chi connectivity index (χ1) is 8.22. The van der Waals surface area contributed by atoms with Gasteiger partial charge in [0.15, 0.2) is 0 Å². The second-order valence-electron chi connectivity index (χ2n) is 4.42. The highest BCUT2D eigenvalue weighted by Crippen LogP contribution is 2.35. The lowest BCUT2D eigenvalue weighted by atomic mass is 10.2. The Kier molecular flexibility index (Phi) is 2.44. The van der Waals surface area contributed by atoms with Gasteiger partial charge >= 0.3 is 0 Å². The summed E-state index contributed by atoms with van der Waals surface area (Å²) in [6, 6.07) is 5.76. The Morgan fingerprint density at radius 1 is 1.47 bits per heavy atom. The van der Waals surface area contributed by atoms with Crippen LogP contribution >= 0.6 is 11.6 Å². The highest BCUT2D eigenvalue weighted by molar-refractivity contribution is 6.35. The average molecular weight is 249 g/mol. The molecule has 4 heteroatoms. The molecule has 0 atom stereocenters. The maximum absolute atomic E-state index is 12.4. The van der Waals surface area contributed by atoms with Crippen molar-refractivity contribution in [2.45, 2.75) is 32.2 Å². The van der Waals surface area contributed by atoms with E-state index in [1.807, 2.05) is 23.6 Å². The molecule has 1 aromatic heterocycles. The summed E-state index contributed by atoms with van der Waals surface area (Å²) < 4.78 is 1.83. The van der Waals surface area contributed by atoms with Crippen molar-refractivity contribution in [3.8, 4) is 0 Å². The van der Waals surface area contributed by atoms with Crippen molar-refractivity contribution in [1.29, 1.82) is 0 Å². The van der Waals surface area contributed by atoms with Gasteiger partial charge in [0.2, 0.25) is 0 Å². The van der Waals surface area contributed by atoms with Crippen molar-refractivity contribution in [1.82, 2.24) is 9.55 Å². The maximum atomic E-state index is 12.4. The number of fused-ring (bicyclic) bond motifs is 1. The summed E-state index contributed by atoms with van der Waals surface area (Å²) in [4.78, 5) is 17.0. The molecule has 0 bridgehead atoms. The SMILES string of the molecule is CCc1nc2cccc(Cl)c2c(=O)n1C1CC1. The second-order valence-corrected chi connectivity index (χ2v) is 4.83. The van der Waals surface area contributed by atoms with Crippen LogP contribution in [0.1, 0.15) is 31.6 Å². The minimum Gasteiger partial charge on any atom is -0.293 e. The first-order valence-electron chi connectivity index (χ1n) is 5.92. The zero-order valence-electron chi connectivity index (χ0n) is 9.61. The minimum atomic E-state index is 0.0138. The van der Waals surface area contributed by atoms with E-state index in [2.05, 4.69) is 4.98 Å². The van der Waals surface area contributed by atoms with E-state index < -0.39 is 0 Å². The second kappa shape index (κ2) is 3.84. The van der Waals surface area contributed by atoms with Crippen LogP contribution in [0.2, 0.25) is 5.02 Å². The number of benzene rings is 1. The molecular weight excluding hydrogens is 236 g/mol. The molecule has 17 heavy (non-hydrogen) atoms. The lowest BCUT2D eigenvalue weighted by molar-refractivity contribution is 0.646. The van der Waals surface area contributed by atoms with E-state index in [-0.39, 0.29) is 5.56 Å². The van der Waals surface area contributed by atoms with Gasteiger partial charge in [-0.05, 0) is 25.0 Å². The molecule has 1 aromatic carbocycles. The molecule has 3 nitrogen and oxygen atoms in total. The molecule has 0 unspecified atom stereocenters. The van der Waals surface area contributed by atoms with Gasteiger partial charge in [-0.3, -0.25) is 9.36 Å². The van der Waals surface area contributed by atoms with Gasteiger partial charge in [0.25, 0.3) is 5.56 Å². The van der Waals surface area contributed by atoms with Gasteiger partial charge in [-0.2, -0.15) is 0 Å². The van der Waals surface area contributed by atoms with Gasteiger partial charge in [0.1, 0.15) is 5.82 Å². The van der Waals surface area contributed by atoms with Gasteiger partial charge in [-0.1, -0.05) is 24.6 Å². The van der Waals surface area contributed by atoms with Gasteiger partial charge in [-0.25, -0.2) is 4.98 Å². The third-order valence-electron chi connectivity index (χ3n) is 3.18. The molecule has 0 spiro atoms. The van der Waals surface area contributed by atoms with E-state index in [9.17, 15) is 4.79 Å². The molecule has 1 fully saturated rings. The Bertz CT molecular complexity index is 644. The summed E-state index contributed by atoms with van der Waals surface area (Å²) in [5.74, 6) is 0.868. The van der Waals surface area contributed by atoms with E-state index in [1.54, 1.807) is 6.07 Å². The van der Waals surface area contributed by atoms with Crippen LogP contribution in [-0.2, 0) is 6.42 Å². The van der Waals surface area contributed by atoms with E-state index in [0.29, 0.717) is 22.0 Å². The van der Waals surface area contributed by atoms with Crippen molar-refractivity contribution in [2.75, 3.05) is 0 Å². The number of hydrogen-bond acceptors (Lipinski definition) is 2. The summed E-state index contributed by atoms with van der Waals surface area (Å²) in [5, 5.41) is 1.05. The van der Waals surface area contributed by atoms with E-state index >= 15 is 0 Å². The van der Waals surface area contributed by atoms with Crippen LogP contribution in [0.25, 0.3) is 10.9 Å². The topological polar surface area (TPSA) is 34.9 Å². The number of nitrogens with zero attached hydrogens (tertiary/aromatic N) is 2. The predicted octanol–water partition coefficient (Wildman–Crippen LogP) is 2.95. The highest BCUT2D eigenvalue weighted by atomic mass is 35.5. The van der Waals surface area contributed by atoms with Crippen LogP contribution in [0.15, 0.2) is 23.0 Å². The third kappa shape index (κ3) is 1.65. The normalized spacial score (nSPS) is 15.4. The Morgan fingerprint density at radius 2 is 2.24 bits per heavy atom. The lowest BCUT2D eigenvalue weighted by Crippen LogP contribution is -2.24. The van der Waals surface area contributed by atoms with Crippen molar-refractivity contribution in [3.63, 3.8) is 0 Å². The van der Waals surface area contributed by atoms with Gasteiger partial charge in [0, 0.05) is 12.5 Å². The highest BCUT2D eigenvalue weighted by Gasteiger charge is 2.28. The molecule has 1 saturated carbocycles. The molecule has 1 aliphatic carbocycles. The fourth-order valence-corrected chi connectivity index (χ4v) is 2.46. The molecule has 0 radical (unpaired) electrons. The molecule has 1 heterocycles. The smallest absolute Gasteiger partial charge is 0.263 e. The average Bonchev–Trinajstić information content (AvgIpc) is 3.12. The maximum Gasteiger partial charge on any atom is 0.263 e. The van der Waals surface area contributed by atoms with Gasteiger partial charge in [0.05, 0.1) is 15.9 Å². The van der Waals surface area contributed by atoms with Crippen molar-refractivity contribution in [3.05, 3.63) is 39.4 Å². The Labute approximate surface area is 104 Å². The Hall–Kier alpha value is -1.35. The fourth-order valence-electron chi connectivity index (χ4n) is 2.21. The number of aryl methyl sites for hydroxylation is 1. The van der Waals surface area contributed by atoms with Crippen molar-refractivity contribution >= 4 is 22.5 Å². The van der Waals surface area contributed by atoms with Crippen LogP contribution in [-0.4, -0.2) is 9.55 Å². The van der Waals surface area contributed by atoms with E-state index in [0.717, 1.165) is 25.1 Å². The summed E-state index contributed by atoms with van der Waals surface area (Å²) >= 11 is 6.10. The standard InChI is InChI=1S/C13H13ClN2O/c1-2-11-15-10-5-3-4-9(14)12(10)13(17)16(11)8-6-7-8/h3-5,8H,2,6-7H2,1H3. The number of rotatable bonds is 2. The minimum absolute atomic E-state index is 0.0138. The monoisotopic (exact) mass is 248 g/mol. The van der Waals surface area contributed by atoms with Crippen molar-refractivity contribution < 1.29 is 0 Å². The van der Waals surface area contributed by atoms with Crippen LogP contribution in [0.4, 0.5) is 0 Å². The van der Waals surface area contributed by atoms with Crippen molar-refractivity contribution in [2.24, 2.45) is 0 Å². The van der Waals surface area contributed by atoms with Gasteiger partial charge < -0.3 is 0 Å². The lowest BCUT2D eigenvalue weighted by Gasteiger charge is -2.11. The van der Waals surface area contributed by atoms with Crippen LogP contribution < -0.4 is 5.56 Å². The molecular formula is C13H13ClN2O. The zero-order valence-corrected chi connectivity index (χ0v) is 10.4. The summed E-state index contributed by atoms with van der Waals surface area (Å²) in [6.07, 6.45) is 2.92. The van der Waals surface area contributed by atoms with E-state index in [4.69, 9.17) is 11.6 Å². The molecule has 0 saturated heterocycles. The Balaban J connectivity index is 2.42. The zero-order chi connectivity index (χ0) is 12.0. The number of halogens is 1. The quantitative estimate of drug-likeness (QED) is 0.819. The molecule has 88 valence electrons. The first kappa shape index (κ1) is 10.8. The first-order valence-corrected chi connectivity index (χ1v) is 6.29. The molecule has 1 aliphatic rings. The summed E-state index contributed by atoms with van der Waals surface area (Å²) in [6.45, 7) is 2.02. The third-order valence-corrected chi connectivity index (χ3v) is 3.50.